The number of aliphatic hydroxyl groups excluding tert-OH is 5. The van der Waals surface area contributed by atoms with Crippen molar-refractivity contribution in [3.63, 3.8) is 0 Å². The van der Waals surface area contributed by atoms with Crippen molar-refractivity contribution in [2.75, 3.05) is 13.2 Å². The lowest BCUT2D eigenvalue weighted by molar-refractivity contribution is -0.302. The molecule has 1 aliphatic rings. The number of nitrogens with one attached hydrogen (secondary N) is 1. The molecule has 7 atom stereocenters. The Labute approximate surface area is 418 Å². The molecule has 9 nitrogen and oxygen atoms in total. The zero-order valence-electron chi connectivity index (χ0n) is 44.1. The molecular weight excluding hydrogens is 851 g/mol. The van der Waals surface area contributed by atoms with E-state index in [4.69, 9.17) is 9.47 Å². The van der Waals surface area contributed by atoms with Gasteiger partial charge in [-0.05, 0) is 51.4 Å². The molecule has 1 saturated heterocycles. The molecule has 0 aromatic rings. The van der Waals surface area contributed by atoms with Crippen LogP contribution in [0.25, 0.3) is 0 Å². The second kappa shape index (κ2) is 48.8. The third-order valence-electron chi connectivity index (χ3n) is 13.6. The predicted molar refractivity (Wildman–Crippen MR) is 286 cm³/mol. The van der Waals surface area contributed by atoms with E-state index < -0.39 is 49.5 Å². The van der Waals surface area contributed by atoms with E-state index in [-0.39, 0.29) is 12.5 Å². The van der Waals surface area contributed by atoms with E-state index in [1.165, 1.54) is 193 Å². The van der Waals surface area contributed by atoms with Crippen LogP contribution in [0.5, 0.6) is 0 Å². The molecule has 0 saturated carbocycles. The van der Waals surface area contributed by atoms with Crippen LogP contribution >= 0.6 is 0 Å². The lowest BCUT2D eigenvalue weighted by Gasteiger charge is -2.40. The van der Waals surface area contributed by atoms with Crippen molar-refractivity contribution in [3.8, 4) is 0 Å². The highest BCUT2D eigenvalue weighted by Crippen LogP contribution is 2.23. The predicted octanol–water partition coefficient (Wildman–Crippen LogP) is 14.1. The van der Waals surface area contributed by atoms with Crippen molar-refractivity contribution < 1.29 is 39.8 Å². The van der Waals surface area contributed by atoms with Gasteiger partial charge in [0.2, 0.25) is 5.91 Å². The summed E-state index contributed by atoms with van der Waals surface area (Å²) in [6, 6.07) is -0.798. The van der Waals surface area contributed by atoms with E-state index in [0.717, 1.165) is 51.4 Å². The Morgan fingerprint density at radius 2 is 0.882 bits per heavy atom. The molecule has 0 aliphatic carbocycles. The van der Waals surface area contributed by atoms with E-state index in [2.05, 4.69) is 55.6 Å². The van der Waals surface area contributed by atoms with Crippen LogP contribution in [-0.2, 0) is 14.3 Å². The van der Waals surface area contributed by atoms with Crippen molar-refractivity contribution in [1.29, 1.82) is 0 Å². The Kier molecular flexibility index (Phi) is 46.0. The number of hydrogen-bond acceptors (Lipinski definition) is 8. The summed E-state index contributed by atoms with van der Waals surface area (Å²) in [4.78, 5) is 12.8. The smallest absolute Gasteiger partial charge is 0.220 e. The van der Waals surface area contributed by atoms with Gasteiger partial charge in [0.25, 0.3) is 0 Å². The topological polar surface area (TPSA) is 149 Å². The summed E-state index contributed by atoms with van der Waals surface area (Å²) in [7, 11) is 0. The number of ether oxygens (including phenoxy) is 2. The molecule has 9 heteroatoms. The SMILES string of the molecule is CCCC/C=C/C(O)C(COC1OC(CO)C(O)C(O)C1O)NC(=O)CCCCCCCCCCCCCCCCCCCCCCCCCCCC/C=C\C/C=C\C/C=C\CCCCCCC. The Balaban J connectivity index is 1.90. The Hall–Kier alpha value is -1.85. The summed E-state index contributed by atoms with van der Waals surface area (Å²) in [5.41, 5.74) is 0. The highest BCUT2D eigenvalue weighted by atomic mass is 16.7. The molecule has 7 unspecified atom stereocenters. The van der Waals surface area contributed by atoms with Crippen LogP contribution in [0.2, 0.25) is 0 Å². The number of allylic oxidation sites excluding steroid dienone is 7. The molecule has 6 N–H and O–H groups in total. The first-order valence-corrected chi connectivity index (χ1v) is 28.9. The number of carbonyl (C=O) groups excluding carboxylic acids is 1. The summed E-state index contributed by atoms with van der Waals surface area (Å²) in [5, 5.41) is 53.7. The van der Waals surface area contributed by atoms with Gasteiger partial charge in [-0.3, -0.25) is 4.79 Å². The first-order valence-electron chi connectivity index (χ1n) is 28.9. The quantitative estimate of drug-likeness (QED) is 0.0261. The highest BCUT2D eigenvalue weighted by molar-refractivity contribution is 5.76. The third-order valence-corrected chi connectivity index (χ3v) is 13.6. The molecule has 1 aliphatic heterocycles. The average molecular weight is 961 g/mol. The standard InChI is InChI=1S/C59H109NO8/c1-3-5-7-9-10-11-12-13-14-15-16-17-18-19-20-21-22-23-24-25-26-27-28-29-30-31-32-33-34-35-36-37-38-39-40-41-42-43-44-45-47-49-55(63)60-52(53(62)48-46-8-6-4-2)51-67-59-58(66)57(65)56(64)54(50-61)68-59/h12-13,15-16,18-19,46,48,52-54,56-59,61-62,64-66H,3-11,14,17,20-45,47,49-51H2,1-2H3,(H,60,63)/b13-12-,16-15-,19-18-,48-46+. The number of hydrogen-bond donors (Lipinski definition) is 6. The maximum Gasteiger partial charge on any atom is 0.220 e. The molecule has 398 valence electrons. The van der Waals surface area contributed by atoms with E-state index >= 15 is 0 Å². The van der Waals surface area contributed by atoms with Gasteiger partial charge < -0.3 is 40.3 Å². The van der Waals surface area contributed by atoms with E-state index in [0.29, 0.717) is 6.42 Å². The van der Waals surface area contributed by atoms with Gasteiger partial charge in [0.05, 0.1) is 25.4 Å². The summed E-state index contributed by atoms with van der Waals surface area (Å²) >= 11 is 0. The van der Waals surface area contributed by atoms with Crippen molar-refractivity contribution in [2.45, 2.75) is 307 Å². The molecule has 0 bridgehead atoms. The van der Waals surface area contributed by atoms with Gasteiger partial charge in [-0.15, -0.1) is 0 Å². The summed E-state index contributed by atoms with van der Waals surface area (Å²) < 4.78 is 11.1. The van der Waals surface area contributed by atoms with E-state index in [1.807, 2.05) is 6.08 Å². The van der Waals surface area contributed by atoms with Gasteiger partial charge >= 0.3 is 0 Å². The first-order chi connectivity index (χ1) is 33.3. The number of amides is 1. The minimum absolute atomic E-state index is 0.183. The number of rotatable bonds is 49. The summed E-state index contributed by atoms with van der Waals surface area (Å²) in [6.45, 7) is 3.61. The van der Waals surface area contributed by atoms with Crippen molar-refractivity contribution in [2.24, 2.45) is 0 Å². The van der Waals surface area contributed by atoms with Gasteiger partial charge in [-0.1, -0.05) is 255 Å². The Morgan fingerprint density at radius 3 is 1.31 bits per heavy atom. The van der Waals surface area contributed by atoms with Crippen LogP contribution in [0, 0.1) is 0 Å². The molecule has 0 spiro atoms. The highest BCUT2D eigenvalue weighted by Gasteiger charge is 2.44. The monoisotopic (exact) mass is 960 g/mol. The minimum Gasteiger partial charge on any atom is -0.394 e. The van der Waals surface area contributed by atoms with E-state index in [1.54, 1.807) is 6.08 Å². The Bertz CT molecular complexity index is 1210. The fraction of sp³-hybridized carbons (Fsp3) is 0.847. The number of carbonyl (C=O) groups is 1. The average Bonchev–Trinajstić information content (AvgIpc) is 3.34. The zero-order valence-corrected chi connectivity index (χ0v) is 44.1. The largest absolute Gasteiger partial charge is 0.394 e. The molecular formula is C59H109NO8. The lowest BCUT2D eigenvalue weighted by atomic mass is 9.99. The molecule has 1 amide bonds. The molecule has 68 heavy (non-hydrogen) atoms. The van der Waals surface area contributed by atoms with Crippen LogP contribution in [0.4, 0.5) is 0 Å². The summed E-state index contributed by atoms with van der Waals surface area (Å²) in [5.74, 6) is -0.183. The molecule has 1 heterocycles. The van der Waals surface area contributed by atoms with Crippen molar-refractivity contribution in [1.82, 2.24) is 5.32 Å². The normalized spacial score (nSPS) is 19.9. The summed E-state index contributed by atoms with van der Waals surface area (Å²) in [6.07, 6.45) is 58.7. The lowest BCUT2D eigenvalue weighted by Crippen LogP contribution is -2.60. The minimum atomic E-state index is -1.56. The van der Waals surface area contributed by atoms with Crippen LogP contribution in [0.15, 0.2) is 48.6 Å². The second-order valence-corrected chi connectivity index (χ2v) is 20.1. The fourth-order valence-corrected chi connectivity index (χ4v) is 9.03. The van der Waals surface area contributed by atoms with Crippen LogP contribution in [0.3, 0.4) is 0 Å². The van der Waals surface area contributed by atoms with Crippen LogP contribution < -0.4 is 5.32 Å². The van der Waals surface area contributed by atoms with E-state index in [9.17, 15) is 30.3 Å². The van der Waals surface area contributed by atoms with Gasteiger partial charge in [0, 0.05) is 6.42 Å². The van der Waals surface area contributed by atoms with Gasteiger partial charge in [-0.2, -0.15) is 0 Å². The molecule has 1 rings (SSSR count). The van der Waals surface area contributed by atoms with Gasteiger partial charge in [0.15, 0.2) is 6.29 Å². The Morgan fingerprint density at radius 1 is 0.500 bits per heavy atom. The van der Waals surface area contributed by atoms with Crippen molar-refractivity contribution in [3.05, 3.63) is 48.6 Å². The zero-order chi connectivity index (χ0) is 49.4. The molecule has 0 aromatic carbocycles. The molecule has 1 fully saturated rings. The van der Waals surface area contributed by atoms with Crippen LogP contribution in [0.1, 0.15) is 264 Å². The maximum atomic E-state index is 12.8. The third kappa shape index (κ3) is 37.9. The maximum absolute atomic E-state index is 12.8. The fourth-order valence-electron chi connectivity index (χ4n) is 9.03. The first kappa shape index (κ1) is 64.2. The number of aliphatic hydroxyl groups is 5. The second-order valence-electron chi connectivity index (χ2n) is 20.1. The van der Waals surface area contributed by atoms with Crippen LogP contribution in [-0.4, -0.2) is 87.5 Å². The molecule has 0 radical (unpaired) electrons. The van der Waals surface area contributed by atoms with Gasteiger partial charge in [-0.25, -0.2) is 0 Å². The molecule has 0 aromatic heterocycles. The number of unbranched alkanes of at least 4 members (excludes halogenated alkanes) is 33. The van der Waals surface area contributed by atoms with Gasteiger partial charge in [0.1, 0.15) is 24.4 Å². The van der Waals surface area contributed by atoms with Crippen molar-refractivity contribution >= 4 is 5.91 Å².